The van der Waals surface area contributed by atoms with Crippen LogP contribution in [0.4, 0.5) is 5.82 Å². The van der Waals surface area contributed by atoms with Crippen LogP contribution >= 0.6 is 0 Å². The summed E-state index contributed by atoms with van der Waals surface area (Å²) in [5.74, 6) is 0.376. The molecular formula is C25H28N4O4S. The van der Waals surface area contributed by atoms with E-state index in [-0.39, 0.29) is 23.0 Å². The Kier molecular flexibility index (Phi) is 6.01. The lowest BCUT2D eigenvalue weighted by atomic mass is 10.2. The molecule has 1 saturated heterocycles. The lowest BCUT2D eigenvalue weighted by molar-refractivity contribution is -0.0440. The van der Waals surface area contributed by atoms with Gasteiger partial charge in [-0.1, -0.05) is 18.2 Å². The summed E-state index contributed by atoms with van der Waals surface area (Å²) in [6.07, 6.45) is 2.44. The van der Waals surface area contributed by atoms with Gasteiger partial charge in [-0.25, -0.2) is 13.1 Å². The molecule has 34 heavy (non-hydrogen) atoms. The highest BCUT2D eigenvalue weighted by molar-refractivity contribution is 7.89. The fourth-order valence-corrected chi connectivity index (χ4v) is 6.30. The van der Waals surface area contributed by atoms with Crippen LogP contribution in [0.15, 0.2) is 59.5 Å². The highest BCUT2D eigenvalue weighted by Gasteiger charge is 2.32. The number of hydrogen-bond acceptors (Lipinski definition) is 5. The predicted molar refractivity (Wildman–Crippen MR) is 129 cm³/mol. The zero-order chi connectivity index (χ0) is 23.9. The summed E-state index contributed by atoms with van der Waals surface area (Å²) in [5, 5.41) is 7.75. The fraction of sp³-hybridized carbons (Fsp3) is 0.360. The monoisotopic (exact) mass is 480 g/mol. The number of carbonyl (C=O) groups excluding carboxylic acids is 1. The number of nitrogens with zero attached hydrogens (tertiary/aromatic N) is 3. The number of para-hydroxylation sites is 1. The maximum Gasteiger partial charge on any atom is 0.256 e. The van der Waals surface area contributed by atoms with Gasteiger partial charge in [-0.05, 0) is 69.5 Å². The van der Waals surface area contributed by atoms with Gasteiger partial charge in [0.25, 0.3) is 5.91 Å². The van der Waals surface area contributed by atoms with Crippen molar-refractivity contribution in [1.82, 2.24) is 14.1 Å². The molecule has 1 amide bonds. The van der Waals surface area contributed by atoms with Crippen LogP contribution in [-0.2, 0) is 27.6 Å². The average molecular weight is 481 g/mol. The van der Waals surface area contributed by atoms with Gasteiger partial charge in [0.15, 0.2) is 0 Å². The molecule has 2 aliphatic rings. The maximum atomic E-state index is 13.1. The number of morpholine rings is 1. The van der Waals surface area contributed by atoms with Crippen LogP contribution in [0, 0.1) is 0 Å². The summed E-state index contributed by atoms with van der Waals surface area (Å²) in [7, 11) is -3.66. The highest BCUT2D eigenvalue weighted by Crippen LogP contribution is 2.31. The van der Waals surface area contributed by atoms with Crippen molar-refractivity contribution in [1.29, 1.82) is 0 Å². The molecule has 2 heterocycles. The topological polar surface area (TPSA) is 93.5 Å². The molecule has 178 valence electrons. The van der Waals surface area contributed by atoms with Gasteiger partial charge in [0.05, 0.1) is 28.5 Å². The van der Waals surface area contributed by atoms with Crippen molar-refractivity contribution in [3.05, 3.63) is 71.4 Å². The quantitative estimate of drug-likeness (QED) is 0.604. The van der Waals surface area contributed by atoms with Gasteiger partial charge < -0.3 is 10.1 Å². The molecule has 3 aromatic rings. The fourth-order valence-electron chi connectivity index (χ4n) is 4.71. The molecule has 2 aromatic carbocycles. The third kappa shape index (κ3) is 4.26. The lowest BCUT2D eigenvalue weighted by Gasteiger charge is -2.34. The van der Waals surface area contributed by atoms with Crippen molar-refractivity contribution in [2.24, 2.45) is 0 Å². The summed E-state index contributed by atoms with van der Waals surface area (Å²) < 4.78 is 35.1. The molecule has 1 fully saturated rings. The van der Waals surface area contributed by atoms with Crippen LogP contribution in [0.3, 0.4) is 0 Å². The Labute approximate surface area is 199 Å². The first-order chi connectivity index (χ1) is 16.3. The number of aromatic nitrogens is 2. The zero-order valence-electron chi connectivity index (χ0n) is 19.3. The minimum atomic E-state index is -3.66. The molecule has 9 heteroatoms. The van der Waals surface area contributed by atoms with Crippen molar-refractivity contribution < 1.29 is 17.9 Å². The van der Waals surface area contributed by atoms with E-state index in [1.807, 2.05) is 44.2 Å². The normalized spacial score (nSPS) is 20.8. The molecule has 1 aromatic heterocycles. The number of fused-ring (bicyclic) bond motifs is 1. The van der Waals surface area contributed by atoms with E-state index in [1.54, 1.807) is 16.8 Å². The van der Waals surface area contributed by atoms with Crippen molar-refractivity contribution in [3.63, 3.8) is 0 Å². The van der Waals surface area contributed by atoms with Crippen LogP contribution in [0.2, 0.25) is 0 Å². The third-order valence-corrected chi connectivity index (χ3v) is 8.13. The van der Waals surface area contributed by atoms with E-state index in [9.17, 15) is 13.2 Å². The SMILES string of the molecule is CC1CN(S(=O)(=O)c2ccc(C(=O)Nc3c4c(nn3-c3ccccc3)CCC4)cc2)CC(C)O1. The molecule has 1 N–H and O–H groups in total. The molecule has 0 saturated carbocycles. The number of carbonyl (C=O) groups is 1. The Balaban J connectivity index is 1.38. The molecule has 8 nitrogen and oxygen atoms in total. The summed E-state index contributed by atoms with van der Waals surface area (Å²) in [5.41, 5.74) is 3.33. The van der Waals surface area contributed by atoms with Gasteiger partial charge in [-0.2, -0.15) is 9.40 Å². The minimum absolute atomic E-state index is 0.167. The second kappa shape index (κ2) is 8.98. The van der Waals surface area contributed by atoms with E-state index in [1.165, 1.54) is 16.4 Å². The van der Waals surface area contributed by atoms with E-state index in [4.69, 9.17) is 9.84 Å². The smallest absolute Gasteiger partial charge is 0.256 e. The van der Waals surface area contributed by atoms with Crippen LogP contribution in [0.5, 0.6) is 0 Å². The van der Waals surface area contributed by atoms with E-state index in [2.05, 4.69) is 5.32 Å². The van der Waals surface area contributed by atoms with Crippen molar-refractivity contribution >= 4 is 21.7 Å². The second-order valence-electron chi connectivity index (χ2n) is 8.93. The summed E-state index contributed by atoms with van der Waals surface area (Å²) >= 11 is 0. The number of benzene rings is 2. The van der Waals surface area contributed by atoms with Gasteiger partial charge in [-0.15, -0.1) is 0 Å². The lowest BCUT2D eigenvalue weighted by Crippen LogP contribution is -2.48. The second-order valence-corrected chi connectivity index (χ2v) is 10.9. The molecule has 1 aliphatic carbocycles. The van der Waals surface area contributed by atoms with Gasteiger partial charge in [-0.3, -0.25) is 4.79 Å². The van der Waals surface area contributed by atoms with E-state index in [0.29, 0.717) is 24.5 Å². The minimum Gasteiger partial charge on any atom is -0.373 e. The average Bonchev–Trinajstić information content (AvgIpc) is 3.42. The largest absolute Gasteiger partial charge is 0.373 e. The van der Waals surface area contributed by atoms with Crippen LogP contribution in [-0.4, -0.2) is 53.7 Å². The Morgan fingerprint density at radius 2 is 1.68 bits per heavy atom. The molecule has 1 aliphatic heterocycles. The predicted octanol–water partition coefficient (Wildman–Crippen LogP) is 3.41. The Morgan fingerprint density at radius 3 is 2.35 bits per heavy atom. The maximum absolute atomic E-state index is 13.1. The summed E-state index contributed by atoms with van der Waals surface area (Å²) in [4.78, 5) is 13.3. The zero-order valence-corrected chi connectivity index (χ0v) is 20.1. The third-order valence-electron chi connectivity index (χ3n) is 6.28. The van der Waals surface area contributed by atoms with Crippen LogP contribution < -0.4 is 5.32 Å². The molecule has 2 atom stereocenters. The number of aryl methyl sites for hydroxylation is 1. The first-order valence-electron chi connectivity index (χ1n) is 11.6. The van der Waals surface area contributed by atoms with E-state index >= 15 is 0 Å². The molecule has 2 unspecified atom stereocenters. The number of anilines is 1. The molecular weight excluding hydrogens is 452 g/mol. The Bertz CT molecular complexity index is 1290. The molecule has 0 spiro atoms. The van der Waals surface area contributed by atoms with Crippen LogP contribution in [0.25, 0.3) is 5.69 Å². The molecule has 5 rings (SSSR count). The van der Waals surface area contributed by atoms with Crippen molar-refractivity contribution in [3.8, 4) is 5.69 Å². The summed E-state index contributed by atoms with van der Waals surface area (Å²) in [6, 6.07) is 15.8. The highest BCUT2D eigenvalue weighted by atomic mass is 32.2. The first kappa shape index (κ1) is 22.8. The van der Waals surface area contributed by atoms with Gasteiger partial charge >= 0.3 is 0 Å². The van der Waals surface area contributed by atoms with Crippen LogP contribution in [0.1, 0.15) is 41.9 Å². The molecule has 0 bridgehead atoms. The van der Waals surface area contributed by atoms with Gasteiger partial charge in [0, 0.05) is 24.2 Å². The first-order valence-corrected chi connectivity index (χ1v) is 13.0. The summed E-state index contributed by atoms with van der Waals surface area (Å²) in [6.45, 7) is 4.35. The van der Waals surface area contributed by atoms with E-state index in [0.717, 1.165) is 36.2 Å². The number of ether oxygens (including phenoxy) is 1. The number of nitrogens with one attached hydrogen (secondary N) is 1. The Morgan fingerprint density at radius 1 is 1.00 bits per heavy atom. The number of hydrogen-bond donors (Lipinski definition) is 1. The van der Waals surface area contributed by atoms with E-state index < -0.39 is 10.0 Å². The Hall–Kier alpha value is -3.01. The number of rotatable bonds is 5. The molecule has 0 radical (unpaired) electrons. The van der Waals surface area contributed by atoms with Crippen molar-refractivity contribution in [2.45, 2.75) is 50.2 Å². The van der Waals surface area contributed by atoms with Gasteiger partial charge in [0.2, 0.25) is 10.0 Å². The van der Waals surface area contributed by atoms with Gasteiger partial charge in [0.1, 0.15) is 5.82 Å². The number of amides is 1. The van der Waals surface area contributed by atoms with Crippen molar-refractivity contribution in [2.75, 3.05) is 18.4 Å². The number of sulfonamides is 1. The standard InChI is InChI=1S/C25H28N4O4S/c1-17-15-28(16-18(2)33-17)34(31,32)21-13-11-19(12-14-21)25(30)26-24-22-9-6-10-23(22)27-29(24)20-7-4-3-5-8-20/h3-5,7-8,11-14,17-18H,6,9-10,15-16H2,1-2H3,(H,26,30).